The van der Waals surface area contributed by atoms with Crippen LogP contribution in [0.3, 0.4) is 0 Å². The molecule has 1 aromatic carbocycles. The summed E-state index contributed by atoms with van der Waals surface area (Å²) < 4.78 is 4.63. The van der Waals surface area contributed by atoms with Crippen molar-refractivity contribution in [2.45, 2.75) is 38.5 Å². The smallest absolute Gasteiger partial charge is 0.317 e. The maximum Gasteiger partial charge on any atom is 0.317 e. The zero-order valence-electron chi connectivity index (χ0n) is 18.3. The highest BCUT2D eigenvalue weighted by Gasteiger charge is 2.26. The van der Waals surface area contributed by atoms with Gasteiger partial charge in [0.05, 0.1) is 12.8 Å². The molecule has 1 fully saturated rings. The first-order valence-electron chi connectivity index (χ1n) is 11.1. The Hall–Kier alpha value is -2.86. The standard InChI is InChI=1S/C25H28ClN3O3/c1-32-22(30)5-3-13-28-25(31)29-14-10-17(11-15-29)23-21-9-8-20(26)16-19(21)7-6-18-4-2-12-27-24(18)23/h2,4,8-9,12,16H,3,5-7,10-11,13-15H2,1H3,(H,28,31). The summed E-state index contributed by atoms with van der Waals surface area (Å²) in [5, 5.41) is 3.67. The van der Waals surface area contributed by atoms with Crippen molar-refractivity contribution in [3.63, 3.8) is 0 Å². The van der Waals surface area contributed by atoms with Gasteiger partial charge in [-0.3, -0.25) is 9.78 Å². The number of fused-ring (bicyclic) bond motifs is 2. The lowest BCUT2D eigenvalue weighted by Crippen LogP contribution is -2.43. The number of ether oxygens (including phenoxy) is 1. The predicted octanol–water partition coefficient (Wildman–Crippen LogP) is 4.39. The molecular formula is C25H28ClN3O3. The summed E-state index contributed by atoms with van der Waals surface area (Å²) in [7, 11) is 1.37. The van der Waals surface area contributed by atoms with Crippen LogP contribution >= 0.6 is 11.6 Å². The van der Waals surface area contributed by atoms with Crippen LogP contribution in [0.4, 0.5) is 4.79 Å². The topological polar surface area (TPSA) is 71.5 Å². The first-order valence-corrected chi connectivity index (χ1v) is 11.5. The highest BCUT2D eigenvalue weighted by atomic mass is 35.5. The number of benzene rings is 1. The Bertz CT molecular complexity index is 1040. The van der Waals surface area contributed by atoms with E-state index in [4.69, 9.17) is 16.6 Å². The number of hydrogen-bond donors (Lipinski definition) is 1. The Balaban J connectivity index is 1.50. The van der Waals surface area contributed by atoms with Crippen LogP contribution in [0.5, 0.6) is 0 Å². The molecule has 0 radical (unpaired) electrons. The minimum atomic E-state index is -0.257. The minimum Gasteiger partial charge on any atom is -0.469 e. The Morgan fingerprint density at radius 2 is 1.91 bits per heavy atom. The first kappa shape index (κ1) is 22.3. The van der Waals surface area contributed by atoms with Gasteiger partial charge in [0, 0.05) is 42.8 Å². The van der Waals surface area contributed by atoms with Gasteiger partial charge in [-0.15, -0.1) is 0 Å². The van der Waals surface area contributed by atoms with Gasteiger partial charge >= 0.3 is 12.0 Å². The van der Waals surface area contributed by atoms with Crippen LogP contribution in [0.2, 0.25) is 5.02 Å². The molecule has 0 bridgehead atoms. The molecule has 168 valence electrons. The zero-order valence-corrected chi connectivity index (χ0v) is 19.1. The van der Waals surface area contributed by atoms with Crippen molar-refractivity contribution in [3.8, 4) is 0 Å². The van der Waals surface area contributed by atoms with Crippen molar-refractivity contribution in [1.82, 2.24) is 15.2 Å². The second-order valence-corrected chi connectivity index (χ2v) is 8.63. The summed E-state index contributed by atoms with van der Waals surface area (Å²) in [6.07, 6.45) is 6.23. The molecule has 32 heavy (non-hydrogen) atoms. The maximum absolute atomic E-state index is 12.5. The average Bonchev–Trinajstić information content (AvgIpc) is 2.98. The molecule has 0 unspecified atom stereocenters. The summed E-state index contributed by atoms with van der Waals surface area (Å²) in [5.41, 5.74) is 7.33. The summed E-state index contributed by atoms with van der Waals surface area (Å²) in [6, 6.07) is 10.2. The van der Waals surface area contributed by atoms with Crippen molar-refractivity contribution >= 4 is 29.2 Å². The van der Waals surface area contributed by atoms with E-state index in [1.54, 1.807) is 0 Å². The molecule has 7 heteroatoms. The molecule has 2 aromatic rings. The maximum atomic E-state index is 12.5. The molecule has 0 saturated carbocycles. The fourth-order valence-corrected chi connectivity index (χ4v) is 4.70. The quantitative estimate of drug-likeness (QED) is 0.550. The van der Waals surface area contributed by atoms with E-state index in [1.807, 2.05) is 23.2 Å². The Labute approximate surface area is 193 Å². The van der Waals surface area contributed by atoms with E-state index in [2.05, 4.69) is 28.3 Å². The highest BCUT2D eigenvalue weighted by Crippen LogP contribution is 2.38. The van der Waals surface area contributed by atoms with E-state index in [0.29, 0.717) is 32.5 Å². The Kier molecular flexibility index (Phi) is 7.10. The number of piperidine rings is 1. The second kappa shape index (κ2) is 10.2. The van der Waals surface area contributed by atoms with Crippen molar-refractivity contribution in [1.29, 1.82) is 0 Å². The largest absolute Gasteiger partial charge is 0.469 e. The number of esters is 1. The van der Waals surface area contributed by atoms with Crippen LogP contribution in [0.1, 0.15) is 48.1 Å². The van der Waals surface area contributed by atoms with E-state index < -0.39 is 0 Å². The number of aryl methyl sites for hydroxylation is 2. The fourth-order valence-electron chi connectivity index (χ4n) is 4.50. The molecular weight excluding hydrogens is 426 g/mol. The van der Waals surface area contributed by atoms with Gasteiger partial charge in [0.1, 0.15) is 0 Å². The number of urea groups is 1. The zero-order chi connectivity index (χ0) is 22.5. The summed E-state index contributed by atoms with van der Waals surface area (Å²) in [6.45, 7) is 1.78. The number of nitrogens with one attached hydrogen (secondary N) is 1. The van der Waals surface area contributed by atoms with Gasteiger partial charge in [-0.1, -0.05) is 29.3 Å². The first-order chi connectivity index (χ1) is 15.6. The number of halogens is 1. The number of rotatable bonds is 4. The number of nitrogens with zero attached hydrogens (tertiary/aromatic N) is 2. The fraction of sp³-hybridized carbons (Fsp3) is 0.400. The van der Waals surface area contributed by atoms with Gasteiger partial charge < -0.3 is 15.0 Å². The third-order valence-corrected chi connectivity index (χ3v) is 6.43. The van der Waals surface area contributed by atoms with E-state index in [9.17, 15) is 9.59 Å². The third-order valence-electron chi connectivity index (χ3n) is 6.20. The SMILES string of the molecule is COC(=O)CCCNC(=O)N1CCC(=C2c3ccc(Cl)cc3CCc3cccnc32)CC1. The summed E-state index contributed by atoms with van der Waals surface area (Å²) in [5.74, 6) is -0.257. The normalized spacial score (nSPS) is 15.5. The van der Waals surface area contributed by atoms with Crippen molar-refractivity contribution in [2.24, 2.45) is 0 Å². The van der Waals surface area contributed by atoms with Crippen molar-refractivity contribution in [3.05, 3.63) is 69.5 Å². The lowest BCUT2D eigenvalue weighted by atomic mass is 9.88. The number of methoxy groups -OCH3 is 1. The third kappa shape index (κ3) is 4.96. The summed E-state index contributed by atoms with van der Waals surface area (Å²) in [4.78, 5) is 30.3. The Morgan fingerprint density at radius 1 is 1.12 bits per heavy atom. The van der Waals surface area contributed by atoms with Crippen LogP contribution in [0.15, 0.2) is 42.1 Å². The molecule has 4 rings (SSSR count). The van der Waals surface area contributed by atoms with Crippen LogP contribution in [0, 0.1) is 0 Å². The second-order valence-electron chi connectivity index (χ2n) is 8.19. The van der Waals surface area contributed by atoms with E-state index in [-0.39, 0.29) is 12.0 Å². The molecule has 1 aliphatic heterocycles. The monoisotopic (exact) mass is 453 g/mol. The Morgan fingerprint density at radius 3 is 2.69 bits per heavy atom. The molecule has 0 spiro atoms. The van der Waals surface area contributed by atoms with Gasteiger partial charge in [0.2, 0.25) is 0 Å². The molecule has 0 atom stereocenters. The molecule has 2 aliphatic rings. The van der Waals surface area contributed by atoms with Gasteiger partial charge in [-0.25, -0.2) is 4.79 Å². The number of pyridine rings is 1. The van der Waals surface area contributed by atoms with E-state index in [1.165, 1.54) is 34.9 Å². The number of carbonyl (C=O) groups excluding carboxylic acids is 2. The molecule has 1 aliphatic carbocycles. The number of likely N-dealkylation sites (tertiary alicyclic amines) is 1. The highest BCUT2D eigenvalue weighted by molar-refractivity contribution is 6.30. The van der Waals surface area contributed by atoms with Crippen LogP contribution in [-0.2, 0) is 22.4 Å². The van der Waals surface area contributed by atoms with Crippen molar-refractivity contribution < 1.29 is 14.3 Å². The number of hydrogen-bond acceptors (Lipinski definition) is 4. The lowest BCUT2D eigenvalue weighted by Gasteiger charge is -2.30. The molecule has 1 saturated heterocycles. The average molecular weight is 454 g/mol. The van der Waals surface area contributed by atoms with Gasteiger partial charge in [-0.2, -0.15) is 0 Å². The van der Waals surface area contributed by atoms with Crippen LogP contribution < -0.4 is 5.32 Å². The van der Waals surface area contributed by atoms with Crippen molar-refractivity contribution in [2.75, 3.05) is 26.7 Å². The molecule has 1 N–H and O–H groups in total. The predicted molar refractivity (Wildman–Crippen MR) is 125 cm³/mol. The number of carbonyl (C=O) groups is 2. The molecule has 2 heterocycles. The van der Waals surface area contributed by atoms with E-state index >= 15 is 0 Å². The summed E-state index contributed by atoms with van der Waals surface area (Å²) >= 11 is 6.30. The van der Waals surface area contributed by atoms with E-state index in [0.717, 1.165) is 36.4 Å². The lowest BCUT2D eigenvalue weighted by molar-refractivity contribution is -0.140. The van der Waals surface area contributed by atoms with Gasteiger partial charge in [0.25, 0.3) is 0 Å². The molecule has 6 nitrogen and oxygen atoms in total. The van der Waals surface area contributed by atoms with Crippen LogP contribution in [-0.4, -0.2) is 48.6 Å². The number of amides is 2. The minimum absolute atomic E-state index is 0.0783. The molecule has 2 amide bonds. The van der Waals surface area contributed by atoms with Gasteiger partial charge in [-0.05, 0) is 67.0 Å². The van der Waals surface area contributed by atoms with Crippen LogP contribution in [0.25, 0.3) is 5.57 Å². The molecule has 1 aromatic heterocycles. The van der Waals surface area contributed by atoms with Gasteiger partial charge in [0.15, 0.2) is 0 Å². The number of aromatic nitrogens is 1.